The van der Waals surface area contributed by atoms with Crippen LogP contribution in [0, 0.1) is 0 Å². The van der Waals surface area contributed by atoms with Gasteiger partial charge in [0.1, 0.15) is 0 Å². The molecule has 0 saturated heterocycles. The standard InChI is InChI=1S/C26H54NO3P/c1-6-8-9-10-11-12-13-14-15-16-17-18-19-20-21-22-23-25-30-31(28,29)26(24-7-2)27(3,4)5/h15-16,26H,6-14,17-25H2,1-5H3/p+1/b16-15-. The third-order valence-electron chi connectivity index (χ3n) is 6.00. The van der Waals surface area contributed by atoms with Crippen LogP contribution in [0.4, 0.5) is 0 Å². The second-order valence-corrected chi connectivity index (χ2v) is 12.1. The van der Waals surface area contributed by atoms with Crippen molar-refractivity contribution < 1.29 is 18.5 Å². The molecular formula is C26H55NO3P+. The topological polar surface area (TPSA) is 46.5 Å². The van der Waals surface area contributed by atoms with Crippen molar-refractivity contribution >= 4 is 7.60 Å². The van der Waals surface area contributed by atoms with E-state index in [-0.39, 0.29) is 5.78 Å². The van der Waals surface area contributed by atoms with Crippen molar-refractivity contribution in [2.24, 2.45) is 0 Å². The smallest absolute Gasteiger partial charge is 0.320 e. The molecule has 0 aliphatic carbocycles. The van der Waals surface area contributed by atoms with Gasteiger partial charge >= 0.3 is 7.60 Å². The molecule has 0 amide bonds. The SMILES string of the molecule is CCCCCCCCC/C=C\CCCCCCCCOP(=O)(O)C(CCC)[N+](C)(C)C. The minimum atomic E-state index is -3.57. The lowest BCUT2D eigenvalue weighted by Crippen LogP contribution is -2.45. The summed E-state index contributed by atoms with van der Waals surface area (Å²) in [5.74, 6) is -0.337. The Morgan fingerprint density at radius 3 is 1.65 bits per heavy atom. The number of rotatable bonds is 22. The predicted molar refractivity (Wildman–Crippen MR) is 137 cm³/mol. The molecule has 0 aliphatic rings. The summed E-state index contributed by atoms with van der Waals surface area (Å²) in [7, 11) is 2.34. The average Bonchev–Trinajstić information content (AvgIpc) is 2.70. The zero-order valence-electron chi connectivity index (χ0n) is 21.6. The van der Waals surface area contributed by atoms with E-state index in [1.165, 1.54) is 83.5 Å². The number of unbranched alkanes of at least 4 members (excludes halogenated alkanes) is 13. The fraction of sp³-hybridized carbons (Fsp3) is 0.923. The van der Waals surface area contributed by atoms with Crippen LogP contribution in [0.25, 0.3) is 0 Å². The number of hydrogen-bond donors (Lipinski definition) is 1. The highest BCUT2D eigenvalue weighted by molar-refractivity contribution is 7.53. The van der Waals surface area contributed by atoms with Crippen LogP contribution >= 0.6 is 7.60 Å². The van der Waals surface area contributed by atoms with E-state index in [2.05, 4.69) is 26.0 Å². The molecule has 0 aromatic rings. The third-order valence-corrected chi connectivity index (χ3v) is 8.26. The van der Waals surface area contributed by atoms with E-state index in [0.29, 0.717) is 17.5 Å². The van der Waals surface area contributed by atoms with Gasteiger partial charge < -0.3 is 13.9 Å². The fourth-order valence-corrected chi connectivity index (χ4v) is 6.08. The van der Waals surface area contributed by atoms with Gasteiger partial charge in [0, 0.05) is 6.42 Å². The summed E-state index contributed by atoms with van der Waals surface area (Å²) < 4.78 is 18.6. The van der Waals surface area contributed by atoms with Crippen molar-refractivity contribution in [1.82, 2.24) is 0 Å². The van der Waals surface area contributed by atoms with Gasteiger partial charge in [0.05, 0.1) is 27.7 Å². The lowest BCUT2D eigenvalue weighted by atomic mass is 10.1. The molecule has 0 rings (SSSR count). The predicted octanol–water partition coefficient (Wildman–Crippen LogP) is 8.45. The first kappa shape index (κ1) is 30.9. The fourth-order valence-electron chi connectivity index (χ4n) is 4.05. The van der Waals surface area contributed by atoms with E-state index in [1.807, 2.05) is 21.1 Å². The number of allylic oxidation sites excluding steroid dienone is 2. The van der Waals surface area contributed by atoms with Crippen molar-refractivity contribution in [2.75, 3.05) is 27.7 Å². The molecule has 4 nitrogen and oxygen atoms in total. The van der Waals surface area contributed by atoms with Gasteiger partial charge in [-0.05, 0) is 38.5 Å². The van der Waals surface area contributed by atoms with Crippen molar-refractivity contribution in [3.63, 3.8) is 0 Å². The summed E-state index contributed by atoms with van der Waals surface area (Å²) in [4.78, 5) is 10.4. The molecule has 31 heavy (non-hydrogen) atoms. The van der Waals surface area contributed by atoms with Crippen LogP contribution in [0.15, 0.2) is 12.2 Å². The number of quaternary nitrogens is 1. The average molecular weight is 461 g/mol. The van der Waals surface area contributed by atoms with E-state index in [0.717, 1.165) is 19.3 Å². The molecule has 0 bridgehead atoms. The summed E-state index contributed by atoms with van der Waals surface area (Å²) in [6.07, 6.45) is 25.4. The van der Waals surface area contributed by atoms with Gasteiger partial charge in [0.2, 0.25) is 0 Å². The van der Waals surface area contributed by atoms with Crippen molar-refractivity contribution in [3.8, 4) is 0 Å². The maximum atomic E-state index is 12.6. The monoisotopic (exact) mass is 460 g/mol. The van der Waals surface area contributed by atoms with Crippen LogP contribution in [0.1, 0.15) is 123 Å². The minimum Gasteiger partial charge on any atom is -0.320 e. The van der Waals surface area contributed by atoms with Crippen molar-refractivity contribution in [2.45, 2.75) is 129 Å². The molecule has 1 N–H and O–H groups in total. The molecule has 0 heterocycles. The van der Waals surface area contributed by atoms with E-state index >= 15 is 0 Å². The Labute approximate surface area is 195 Å². The zero-order valence-corrected chi connectivity index (χ0v) is 22.5. The Kier molecular flexibility index (Phi) is 19.2. The van der Waals surface area contributed by atoms with E-state index in [9.17, 15) is 9.46 Å². The van der Waals surface area contributed by atoms with E-state index in [1.54, 1.807) is 0 Å². The maximum Gasteiger partial charge on any atom is 0.385 e. The first-order valence-electron chi connectivity index (χ1n) is 13.2. The maximum absolute atomic E-state index is 12.6. The van der Waals surface area contributed by atoms with Crippen LogP contribution < -0.4 is 0 Å². The zero-order chi connectivity index (χ0) is 23.4. The molecule has 0 aliphatic heterocycles. The second-order valence-electron chi connectivity index (χ2n) is 10.1. The van der Waals surface area contributed by atoms with Gasteiger partial charge in [-0.3, -0.25) is 4.57 Å². The van der Waals surface area contributed by atoms with E-state index in [4.69, 9.17) is 4.52 Å². The highest BCUT2D eigenvalue weighted by Crippen LogP contribution is 2.51. The van der Waals surface area contributed by atoms with Gasteiger partial charge in [-0.2, -0.15) is 0 Å². The molecule has 0 radical (unpaired) electrons. The lowest BCUT2D eigenvalue weighted by molar-refractivity contribution is -0.883. The molecule has 5 heteroatoms. The van der Waals surface area contributed by atoms with Crippen LogP contribution in [0.2, 0.25) is 0 Å². The molecule has 0 saturated carbocycles. The molecule has 0 spiro atoms. The first-order chi connectivity index (χ1) is 14.8. The Bertz CT molecular complexity index is 474. The lowest BCUT2D eigenvalue weighted by Gasteiger charge is -2.35. The van der Waals surface area contributed by atoms with Gasteiger partial charge in [-0.1, -0.05) is 90.2 Å². The molecule has 0 aromatic carbocycles. The molecule has 186 valence electrons. The summed E-state index contributed by atoms with van der Waals surface area (Å²) in [5.41, 5.74) is 0. The Morgan fingerprint density at radius 2 is 1.19 bits per heavy atom. The molecule has 2 unspecified atom stereocenters. The highest BCUT2D eigenvalue weighted by Gasteiger charge is 2.41. The van der Waals surface area contributed by atoms with Crippen LogP contribution in [0.3, 0.4) is 0 Å². The van der Waals surface area contributed by atoms with Gasteiger partial charge in [0.15, 0.2) is 5.78 Å². The summed E-state index contributed by atoms with van der Waals surface area (Å²) in [6, 6.07) is 0. The van der Waals surface area contributed by atoms with Crippen LogP contribution in [-0.4, -0.2) is 42.9 Å². The molecule has 0 aromatic heterocycles. The van der Waals surface area contributed by atoms with Crippen molar-refractivity contribution in [1.29, 1.82) is 0 Å². The van der Waals surface area contributed by atoms with Crippen LogP contribution in [0.5, 0.6) is 0 Å². The second kappa shape index (κ2) is 19.3. The first-order valence-corrected chi connectivity index (χ1v) is 14.8. The third kappa shape index (κ3) is 18.0. The molecule has 2 atom stereocenters. The Morgan fingerprint density at radius 1 is 0.742 bits per heavy atom. The number of hydrogen-bond acceptors (Lipinski definition) is 2. The van der Waals surface area contributed by atoms with Gasteiger partial charge in [-0.15, -0.1) is 0 Å². The van der Waals surface area contributed by atoms with E-state index < -0.39 is 7.60 Å². The van der Waals surface area contributed by atoms with Crippen LogP contribution in [-0.2, 0) is 9.09 Å². The minimum absolute atomic E-state index is 0.337. The highest BCUT2D eigenvalue weighted by atomic mass is 31.2. The van der Waals surface area contributed by atoms with Crippen molar-refractivity contribution in [3.05, 3.63) is 12.2 Å². The molecule has 0 fully saturated rings. The Balaban J connectivity index is 3.58. The Hall–Kier alpha value is -0.150. The summed E-state index contributed by atoms with van der Waals surface area (Å²) >= 11 is 0. The summed E-state index contributed by atoms with van der Waals surface area (Å²) in [6.45, 7) is 4.72. The molecular weight excluding hydrogens is 405 g/mol. The van der Waals surface area contributed by atoms with Gasteiger partial charge in [-0.25, -0.2) is 0 Å². The van der Waals surface area contributed by atoms with Gasteiger partial charge in [0.25, 0.3) is 0 Å². The summed E-state index contributed by atoms with van der Waals surface area (Å²) in [5, 5.41) is 0. The normalized spacial score (nSPS) is 15.4. The quantitative estimate of drug-likeness (QED) is 0.0763. The largest absolute Gasteiger partial charge is 0.385 e. The number of nitrogens with zero attached hydrogens (tertiary/aromatic N) is 1.